The zero-order chi connectivity index (χ0) is 25.8. The van der Waals surface area contributed by atoms with Crippen molar-refractivity contribution in [1.82, 2.24) is 0 Å². The fraction of sp³-hybridized carbons (Fsp3) is 0.533. The summed E-state index contributed by atoms with van der Waals surface area (Å²) in [6.45, 7) is 1.03. The Bertz CT molecular complexity index is 827. The second kappa shape index (κ2) is 19.9. The summed E-state index contributed by atoms with van der Waals surface area (Å²) in [5, 5.41) is 0. The van der Waals surface area contributed by atoms with Gasteiger partial charge in [0.2, 0.25) is 0 Å². The SMILES string of the molecule is O=C(OCCCCCCCCCCCCCCCCOC(=O)c1cccc(I)c1)c1cccc(I)c1. The lowest BCUT2D eigenvalue weighted by Gasteiger charge is -2.06. The van der Waals surface area contributed by atoms with Gasteiger partial charge in [0, 0.05) is 7.14 Å². The first-order chi connectivity index (χ1) is 17.6. The minimum Gasteiger partial charge on any atom is -0.462 e. The predicted molar refractivity (Wildman–Crippen MR) is 164 cm³/mol. The fourth-order valence-electron chi connectivity index (χ4n) is 4.05. The zero-order valence-electron chi connectivity index (χ0n) is 21.3. The molecular formula is C30H40I2O4. The molecular weight excluding hydrogens is 678 g/mol. The number of rotatable bonds is 19. The number of ether oxygens (including phenoxy) is 2. The van der Waals surface area contributed by atoms with Gasteiger partial charge in [0.25, 0.3) is 0 Å². The highest BCUT2D eigenvalue weighted by Crippen LogP contribution is 2.14. The highest BCUT2D eigenvalue weighted by molar-refractivity contribution is 14.1. The highest BCUT2D eigenvalue weighted by Gasteiger charge is 2.07. The van der Waals surface area contributed by atoms with E-state index in [0.29, 0.717) is 24.3 Å². The van der Waals surface area contributed by atoms with Crippen LogP contribution in [0.25, 0.3) is 0 Å². The third-order valence-electron chi connectivity index (χ3n) is 6.13. The molecule has 0 bridgehead atoms. The lowest BCUT2D eigenvalue weighted by atomic mass is 10.0. The summed E-state index contributed by atoms with van der Waals surface area (Å²) in [6.07, 6.45) is 17.1. The van der Waals surface area contributed by atoms with Gasteiger partial charge in [0.05, 0.1) is 24.3 Å². The molecule has 0 saturated heterocycles. The second-order valence-electron chi connectivity index (χ2n) is 9.24. The zero-order valence-corrected chi connectivity index (χ0v) is 25.6. The van der Waals surface area contributed by atoms with Crippen molar-refractivity contribution in [1.29, 1.82) is 0 Å². The number of carbonyl (C=O) groups is 2. The molecule has 4 nitrogen and oxygen atoms in total. The van der Waals surface area contributed by atoms with Gasteiger partial charge in [-0.05, 0) is 94.4 Å². The van der Waals surface area contributed by atoms with Crippen LogP contribution in [0.3, 0.4) is 0 Å². The van der Waals surface area contributed by atoms with Crippen LogP contribution in [-0.2, 0) is 9.47 Å². The number of benzene rings is 2. The summed E-state index contributed by atoms with van der Waals surface area (Å²) in [7, 11) is 0. The Morgan fingerprint density at radius 1 is 0.500 bits per heavy atom. The van der Waals surface area contributed by atoms with Gasteiger partial charge >= 0.3 is 11.9 Å². The van der Waals surface area contributed by atoms with Gasteiger partial charge in [-0.25, -0.2) is 9.59 Å². The average molecular weight is 718 g/mol. The Morgan fingerprint density at radius 3 is 1.11 bits per heavy atom. The molecule has 0 atom stereocenters. The van der Waals surface area contributed by atoms with Crippen LogP contribution in [0.5, 0.6) is 0 Å². The van der Waals surface area contributed by atoms with Crippen LogP contribution in [0.1, 0.15) is 111 Å². The van der Waals surface area contributed by atoms with E-state index in [1.807, 2.05) is 36.4 Å². The van der Waals surface area contributed by atoms with Crippen molar-refractivity contribution in [3.63, 3.8) is 0 Å². The van der Waals surface area contributed by atoms with E-state index in [1.54, 1.807) is 12.1 Å². The van der Waals surface area contributed by atoms with Crippen molar-refractivity contribution >= 4 is 57.1 Å². The van der Waals surface area contributed by atoms with Crippen LogP contribution >= 0.6 is 45.2 Å². The molecule has 2 rings (SSSR count). The van der Waals surface area contributed by atoms with Crippen LogP contribution < -0.4 is 0 Å². The van der Waals surface area contributed by atoms with Crippen LogP contribution in [0, 0.1) is 7.14 Å². The third kappa shape index (κ3) is 14.5. The minimum absolute atomic E-state index is 0.215. The van der Waals surface area contributed by atoms with Crippen molar-refractivity contribution in [2.75, 3.05) is 13.2 Å². The number of hydrogen-bond donors (Lipinski definition) is 0. The quantitative estimate of drug-likeness (QED) is 0.0826. The molecule has 0 aliphatic heterocycles. The van der Waals surface area contributed by atoms with Crippen molar-refractivity contribution < 1.29 is 19.1 Å². The molecule has 0 aliphatic rings. The molecule has 0 fully saturated rings. The van der Waals surface area contributed by atoms with E-state index in [-0.39, 0.29) is 11.9 Å². The van der Waals surface area contributed by atoms with E-state index >= 15 is 0 Å². The molecule has 0 heterocycles. The average Bonchev–Trinajstić information content (AvgIpc) is 2.87. The Balaban J connectivity index is 1.29. The third-order valence-corrected chi connectivity index (χ3v) is 7.47. The molecule has 0 radical (unpaired) electrons. The molecule has 0 aliphatic carbocycles. The first kappa shape index (κ1) is 31.1. The monoisotopic (exact) mass is 718 g/mol. The maximum Gasteiger partial charge on any atom is 0.338 e. The lowest BCUT2D eigenvalue weighted by molar-refractivity contribution is 0.0488. The van der Waals surface area contributed by atoms with E-state index in [1.165, 1.54) is 64.2 Å². The largest absolute Gasteiger partial charge is 0.462 e. The van der Waals surface area contributed by atoms with Gasteiger partial charge in [-0.15, -0.1) is 0 Å². The maximum atomic E-state index is 12.0. The van der Waals surface area contributed by atoms with Gasteiger partial charge in [-0.2, -0.15) is 0 Å². The van der Waals surface area contributed by atoms with Crippen LogP contribution in [0.4, 0.5) is 0 Å². The first-order valence-electron chi connectivity index (χ1n) is 13.4. The number of esters is 2. The molecule has 0 unspecified atom stereocenters. The van der Waals surface area contributed by atoms with Gasteiger partial charge < -0.3 is 9.47 Å². The summed E-state index contributed by atoms with van der Waals surface area (Å²) in [6, 6.07) is 15.0. The van der Waals surface area contributed by atoms with Gasteiger partial charge in [0.1, 0.15) is 0 Å². The van der Waals surface area contributed by atoms with E-state index in [0.717, 1.165) is 32.8 Å². The number of halogens is 2. The fourth-order valence-corrected chi connectivity index (χ4v) is 5.14. The normalized spacial score (nSPS) is 10.8. The number of carbonyl (C=O) groups excluding carboxylic acids is 2. The number of unbranched alkanes of at least 4 members (excludes halogenated alkanes) is 13. The van der Waals surface area contributed by atoms with E-state index in [4.69, 9.17) is 9.47 Å². The van der Waals surface area contributed by atoms with Crippen LogP contribution in [-0.4, -0.2) is 25.2 Å². The smallest absolute Gasteiger partial charge is 0.338 e. The molecule has 6 heteroatoms. The predicted octanol–water partition coefficient (Wildman–Crippen LogP) is 9.37. The Hall–Kier alpha value is -1.16. The molecule has 2 aromatic carbocycles. The Labute approximate surface area is 244 Å². The number of hydrogen-bond acceptors (Lipinski definition) is 4. The molecule has 0 amide bonds. The molecule has 0 saturated carbocycles. The molecule has 0 N–H and O–H groups in total. The summed E-state index contributed by atoms with van der Waals surface area (Å²) in [5.74, 6) is -0.430. The van der Waals surface area contributed by atoms with E-state index in [9.17, 15) is 9.59 Å². The van der Waals surface area contributed by atoms with Crippen molar-refractivity contribution in [2.24, 2.45) is 0 Å². The minimum atomic E-state index is -0.215. The summed E-state index contributed by atoms with van der Waals surface area (Å²) in [5.41, 5.74) is 1.28. The van der Waals surface area contributed by atoms with Crippen LogP contribution in [0.2, 0.25) is 0 Å². The molecule has 0 spiro atoms. The summed E-state index contributed by atoms with van der Waals surface area (Å²) in [4.78, 5) is 24.0. The van der Waals surface area contributed by atoms with Crippen molar-refractivity contribution in [3.8, 4) is 0 Å². The summed E-state index contributed by atoms with van der Waals surface area (Å²) >= 11 is 4.41. The molecule has 36 heavy (non-hydrogen) atoms. The maximum absolute atomic E-state index is 12.0. The molecule has 198 valence electrons. The topological polar surface area (TPSA) is 52.6 Å². The van der Waals surface area contributed by atoms with Gasteiger partial charge in [-0.1, -0.05) is 89.2 Å². The lowest BCUT2D eigenvalue weighted by Crippen LogP contribution is -2.06. The molecule has 0 aromatic heterocycles. The van der Waals surface area contributed by atoms with Gasteiger partial charge in [0.15, 0.2) is 0 Å². The van der Waals surface area contributed by atoms with E-state index in [2.05, 4.69) is 45.2 Å². The highest BCUT2D eigenvalue weighted by atomic mass is 127. The Kier molecular flexibility index (Phi) is 17.2. The van der Waals surface area contributed by atoms with Gasteiger partial charge in [-0.3, -0.25) is 0 Å². The molecule has 2 aromatic rings. The second-order valence-corrected chi connectivity index (χ2v) is 11.7. The van der Waals surface area contributed by atoms with Crippen LogP contribution in [0.15, 0.2) is 48.5 Å². The Morgan fingerprint density at radius 2 is 0.806 bits per heavy atom. The summed E-state index contributed by atoms with van der Waals surface area (Å²) < 4.78 is 12.8. The van der Waals surface area contributed by atoms with Crippen molar-refractivity contribution in [3.05, 3.63) is 66.8 Å². The standard InChI is InChI=1S/C30H40I2O4/c31-27-19-15-17-25(23-27)29(33)35-21-13-11-9-7-5-3-1-2-4-6-8-10-12-14-22-36-30(34)26-18-16-20-28(32)24-26/h15-20,23-24H,1-14,21-22H2. The van der Waals surface area contributed by atoms with E-state index < -0.39 is 0 Å². The first-order valence-corrected chi connectivity index (χ1v) is 15.6. The van der Waals surface area contributed by atoms with Crippen molar-refractivity contribution in [2.45, 2.75) is 89.9 Å².